The van der Waals surface area contributed by atoms with Crippen LogP contribution in [-0.4, -0.2) is 49.9 Å². The van der Waals surface area contributed by atoms with Crippen molar-refractivity contribution in [1.29, 1.82) is 0 Å². The first-order valence-electron chi connectivity index (χ1n) is 11.5. The van der Waals surface area contributed by atoms with Gasteiger partial charge in [0.1, 0.15) is 12.3 Å². The molecule has 1 N–H and O–H groups in total. The Morgan fingerprint density at radius 1 is 1.03 bits per heavy atom. The summed E-state index contributed by atoms with van der Waals surface area (Å²) in [6.45, 7) is 4.84. The first-order chi connectivity index (χ1) is 16.1. The highest BCUT2D eigenvalue weighted by atomic mass is 16.5. The molecule has 2 atom stereocenters. The van der Waals surface area contributed by atoms with Crippen LogP contribution in [0, 0.1) is 0 Å². The number of rotatable bonds is 6. The molecule has 3 aromatic rings. The number of cyclic esters (lactones) is 1. The van der Waals surface area contributed by atoms with Crippen LogP contribution >= 0.6 is 0 Å². The van der Waals surface area contributed by atoms with E-state index in [4.69, 9.17) is 18.9 Å². The van der Waals surface area contributed by atoms with Crippen LogP contribution in [0.15, 0.2) is 65.1 Å². The number of morpholine rings is 2. The van der Waals surface area contributed by atoms with Gasteiger partial charge in [0.25, 0.3) is 0 Å². The van der Waals surface area contributed by atoms with Gasteiger partial charge in [0.05, 0.1) is 13.2 Å². The Labute approximate surface area is 193 Å². The summed E-state index contributed by atoms with van der Waals surface area (Å²) in [5, 5.41) is 3.48. The van der Waals surface area contributed by atoms with Crippen LogP contribution in [0.5, 0.6) is 0 Å². The maximum absolute atomic E-state index is 13.0. The number of ether oxygens (including phenoxy) is 2. The molecule has 172 valence electrons. The van der Waals surface area contributed by atoms with Gasteiger partial charge in [-0.1, -0.05) is 60.7 Å². The Hall–Kier alpha value is -3.16. The second kappa shape index (κ2) is 9.37. The zero-order chi connectivity index (χ0) is 22.7. The fourth-order valence-electron chi connectivity index (χ4n) is 4.46. The van der Waals surface area contributed by atoms with Crippen molar-refractivity contribution in [3.05, 3.63) is 83.4 Å². The van der Waals surface area contributed by atoms with Crippen LogP contribution in [0.3, 0.4) is 0 Å². The van der Waals surface area contributed by atoms with Gasteiger partial charge in [0.2, 0.25) is 11.8 Å². The summed E-state index contributed by atoms with van der Waals surface area (Å²) in [4.78, 5) is 20.0. The molecule has 5 rings (SSSR count). The monoisotopic (exact) mass is 447 g/mol. The highest BCUT2D eigenvalue weighted by molar-refractivity contribution is 5.81. The molecule has 33 heavy (non-hydrogen) atoms. The van der Waals surface area contributed by atoms with E-state index < -0.39 is 5.54 Å². The number of oxazole rings is 1. The van der Waals surface area contributed by atoms with Gasteiger partial charge >= 0.3 is 5.97 Å². The van der Waals surface area contributed by atoms with E-state index in [1.165, 1.54) is 5.56 Å². The highest BCUT2D eigenvalue weighted by Gasteiger charge is 2.47. The van der Waals surface area contributed by atoms with Crippen molar-refractivity contribution in [2.45, 2.75) is 31.3 Å². The SMILES string of the molecule is CC1(c2nc(Cc3ccccc3)c(N3CCOCC3)o2)NC(Cc2ccccc2)COC1=O. The molecule has 3 heterocycles. The number of hydrogen-bond donors (Lipinski definition) is 1. The van der Waals surface area contributed by atoms with Gasteiger partial charge in [-0.05, 0) is 24.5 Å². The number of benzene rings is 2. The van der Waals surface area contributed by atoms with Crippen molar-refractivity contribution in [2.24, 2.45) is 0 Å². The van der Waals surface area contributed by atoms with Crippen LogP contribution in [0.1, 0.15) is 29.6 Å². The third-order valence-electron chi connectivity index (χ3n) is 6.26. The zero-order valence-electron chi connectivity index (χ0n) is 18.8. The smallest absolute Gasteiger partial charge is 0.335 e. The van der Waals surface area contributed by atoms with Gasteiger partial charge in [-0.3, -0.25) is 5.32 Å². The lowest BCUT2D eigenvalue weighted by Gasteiger charge is -2.35. The van der Waals surface area contributed by atoms with Gasteiger partial charge in [-0.25, -0.2) is 9.78 Å². The van der Waals surface area contributed by atoms with Crippen LogP contribution in [0.2, 0.25) is 0 Å². The van der Waals surface area contributed by atoms with Gasteiger partial charge in [0, 0.05) is 25.6 Å². The third-order valence-corrected chi connectivity index (χ3v) is 6.26. The molecule has 2 aliphatic rings. The van der Waals surface area contributed by atoms with E-state index in [2.05, 4.69) is 34.5 Å². The fraction of sp³-hybridized carbons (Fsp3) is 0.385. The molecule has 2 aliphatic heterocycles. The largest absolute Gasteiger partial charge is 0.462 e. The Morgan fingerprint density at radius 3 is 2.39 bits per heavy atom. The number of esters is 1. The van der Waals surface area contributed by atoms with E-state index in [0.717, 1.165) is 30.8 Å². The van der Waals surface area contributed by atoms with Crippen LogP contribution < -0.4 is 10.2 Å². The minimum atomic E-state index is -1.16. The molecule has 2 unspecified atom stereocenters. The molecule has 1 aromatic heterocycles. The Kier molecular flexibility index (Phi) is 6.15. The molecule has 0 bridgehead atoms. The molecule has 2 fully saturated rings. The summed E-state index contributed by atoms with van der Waals surface area (Å²) in [5.41, 5.74) is 1.98. The summed E-state index contributed by atoms with van der Waals surface area (Å²) in [5.74, 6) is 0.684. The number of hydrogen-bond acceptors (Lipinski definition) is 7. The topological polar surface area (TPSA) is 76.8 Å². The minimum Gasteiger partial charge on any atom is -0.462 e. The molecular weight excluding hydrogens is 418 g/mol. The van der Waals surface area contributed by atoms with Gasteiger partial charge in [-0.15, -0.1) is 0 Å². The lowest BCUT2D eigenvalue weighted by atomic mass is 9.96. The van der Waals surface area contributed by atoms with Gasteiger partial charge < -0.3 is 18.8 Å². The first-order valence-corrected chi connectivity index (χ1v) is 11.5. The number of carbonyl (C=O) groups excluding carboxylic acids is 1. The van der Waals surface area contributed by atoms with Crippen molar-refractivity contribution in [1.82, 2.24) is 10.3 Å². The van der Waals surface area contributed by atoms with Crippen molar-refractivity contribution >= 4 is 11.9 Å². The number of nitrogens with zero attached hydrogens (tertiary/aromatic N) is 2. The normalized spacial score (nSPS) is 23.4. The van der Waals surface area contributed by atoms with E-state index in [1.54, 1.807) is 6.92 Å². The Morgan fingerprint density at radius 2 is 1.70 bits per heavy atom. The lowest BCUT2D eigenvalue weighted by Crippen LogP contribution is -2.59. The van der Waals surface area contributed by atoms with Crippen molar-refractivity contribution in [2.75, 3.05) is 37.8 Å². The van der Waals surface area contributed by atoms with Crippen molar-refractivity contribution < 1.29 is 18.7 Å². The molecule has 7 nitrogen and oxygen atoms in total. The predicted octanol–water partition coefficient (Wildman–Crippen LogP) is 3.07. The molecule has 0 aliphatic carbocycles. The van der Waals surface area contributed by atoms with Gasteiger partial charge in [0.15, 0.2) is 5.54 Å². The molecule has 2 saturated heterocycles. The predicted molar refractivity (Wildman–Crippen MR) is 124 cm³/mol. The van der Waals surface area contributed by atoms with Crippen molar-refractivity contribution in [3.63, 3.8) is 0 Å². The number of nitrogens with one attached hydrogen (secondary N) is 1. The summed E-state index contributed by atoms with van der Waals surface area (Å²) in [6, 6.07) is 20.3. The molecular formula is C26H29N3O4. The van der Waals surface area contributed by atoms with Gasteiger partial charge in [-0.2, -0.15) is 0 Å². The summed E-state index contributed by atoms with van der Waals surface area (Å²) in [7, 11) is 0. The molecule has 0 spiro atoms. The highest BCUT2D eigenvalue weighted by Crippen LogP contribution is 2.33. The van der Waals surface area contributed by atoms with Crippen LogP contribution in [-0.2, 0) is 32.6 Å². The van der Waals surface area contributed by atoms with E-state index in [-0.39, 0.29) is 12.0 Å². The standard InChI is InChI=1S/C26H29N3O4/c1-26(25(30)32-18-21(28-26)16-19-8-4-2-5-9-19)24-27-22(17-20-10-6-3-7-11-20)23(33-24)29-12-14-31-15-13-29/h2-11,21,28H,12-18H2,1H3. The first kappa shape index (κ1) is 21.7. The molecule has 7 heteroatoms. The molecule has 0 radical (unpaired) electrons. The molecule has 2 aromatic carbocycles. The molecule has 0 saturated carbocycles. The van der Waals surface area contributed by atoms with E-state index in [9.17, 15) is 4.79 Å². The van der Waals surface area contributed by atoms with E-state index in [1.807, 2.05) is 36.4 Å². The average molecular weight is 448 g/mol. The molecule has 0 amide bonds. The second-order valence-corrected chi connectivity index (χ2v) is 8.79. The number of anilines is 1. The lowest BCUT2D eigenvalue weighted by molar-refractivity contribution is -0.160. The van der Waals surface area contributed by atoms with Crippen LogP contribution in [0.25, 0.3) is 0 Å². The quantitative estimate of drug-likeness (QED) is 0.582. The minimum absolute atomic E-state index is 0.0357. The Balaban J connectivity index is 1.45. The zero-order valence-corrected chi connectivity index (χ0v) is 18.8. The van der Waals surface area contributed by atoms with Crippen molar-refractivity contribution in [3.8, 4) is 0 Å². The summed E-state index contributed by atoms with van der Waals surface area (Å²) >= 11 is 0. The summed E-state index contributed by atoms with van der Waals surface area (Å²) in [6.07, 6.45) is 1.37. The van der Waals surface area contributed by atoms with Crippen LogP contribution in [0.4, 0.5) is 5.88 Å². The Bertz CT molecular complexity index is 1080. The number of carbonyl (C=O) groups is 1. The fourth-order valence-corrected chi connectivity index (χ4v) is 4.46. The summed E-state index contributed by atoms with van der Waals surface area (Å²) < 4.78 is 17.5. The second-order valence-electron chi connectivity index (χ2n) is 8.79. The third kappa shape index (κ3) is 4.65. The maximum atomic E-state index is 13.0. The van der Waals surface area contributed by atoms with E-state index in [0.29, 0.717) is 38.0 Å². The number of aromatic nitrogens is 1. The van der Waals surface area contributed by atoms with E-state index >= 15 is 0 Å². The average Bonchev–Trinajstić information content (AvgIpc) is 3.28. The maximum Gasteiger partial charge on any atom is 0.335 e.